The number of hydrogen-bond donors (Lipinski definition) is 2. The van der Waals surface area contributed by atoms with E-state index in [1.807, 2.05) is 37.3 Å². The van der Waals surface area contributed by atoms with Crippen LogP contribution in [0.4, 0.5) is 0 Å². The molecule has 1 amide bonds. The predicted molar refractivity (Wildman–Crippen MR) is 128 cm³/mol. The van der Waals surface area contributed by atoms with Crippen molar-refractivity contribution in [3.63, 3.8) is 0 Å². The van der Waals surface area contributed by atoms with Crippen molar-refractivity contribution in [1.29, 1.82) is 5.41 Å². The summed E-state index contributed by atoms with van der Waals surface area (Å²) in [5.41, 5.74) is 3.64. The Morgan fingerprint density at radius 2 is 1.90 bits per heavy atom. The number of carbonyl (C=O) groups is 2. The number of ketones is 1. The lowest BCUT2D eigenvalue weighted by atomic mass is 9.86. The summed E-state index contributed by atoms with van der Waals surface area (Å²) in [7, 11) is 1.56. The summed E-state index contributed by atoms with van der Waals surface area (Å²) in [4.78, 5) is 26.9. The first kappa shape index (κ1) is 24.6. The SMILES string of the molecule is Br.CCOc1cc2c(cc1C(=O)NC)C(=N)N(CC(=O)c1cccc(C(C)(C)C)c1)C2. The third-order valence-electron chi connectivity index (χ3n) is 5.29. The molecule has 0 spiro atoms. The van der Waals surface area contributed by atoms with Crippen LogP contribution in [0.5, 0.6) is 5.75 Å². The minimum atomic E-state index is -0.262. The van der Waals surface area contributed by atoms with E-state index in [-0.39, 0.29) is 46.5 Å². The van der Waals surface area contributed by atoms with Gasteiger partial charge in [-0.3, -0.25) is 15.0 Å². The molecule has 166 valence electrons. The van der Waals surface area contributed by atoms with E-state index < -0.39 is 0 Å². The molecule has 0 atom stereocenters. The molecular formula is C24H30BrN3O3. The first-order valence-electron chi connectivity index (χ1n) is 10.1. The van der Waals surface area contributed by atoms with E-state index in [4.69, 9.17) is 10.1 Å². The maximum Gasteiger partial charge on any atom is 0.254 e. The second kappa shape index (κ2) is 9.64. The normalized spacial score (nSPS) is 12.8. The minimum absolute atomic E-state index is 0. The Morgan fingerprint density at radius 1 is 1.19 bits per heavy atom. The molecule has 1 aliphatic heterocycles. The summed E-state index contributed by atoms with van der Waals surface area (Å²) in [5, 5.41) is 11.2. The molecule has 2 aromatic rings. The molecule has 1 aliphatic rings. The fraction of sp³-hybridized carbons (Fsp3) is 0.375. The predicted octanol–water partition coefficient (Wildman–Crippen LogP) is 4.34. The van der Waals surface area contributed by atoms with E-state index >= 15 is 0 Å². The molecular weight excluding hydrogens is 458 g/mol. The first-order chi connectivity index (χ1) is 14.2. The fourth-order valence-corrected chi connectivity index (χ4v) is 3.57. The first-order valence-corrected chi connectivity index (χ1v) is 10.1. The maximum absolute atomic E-state index is 12.9. The van der Waals surface area contributed by atoms with Crippen LogP contribution in [0.1, 0.15) is 65.1 Å². The van der Waals surface area contributed by atoms with E-state index in [0.717, 1.165) is 11.1 Å². The standard InChI is InChI=1S/C24H29N3O3.BrH/c1-6-30-21-11-16-13-27(22(25)18(16)12-19(21)23(29)26-5)14-20(28)15-8-7-9-17(10-15)24(2,3)4;/h7-12,25H,6,13-14H2,1-5H3,(H,26,29);1H. The van der Waals surface area contributed by atoms with Gasteiger partial charge in [0.2, 0.25) is 0 Å². The molecule has 7 heteroatoms. The largest absolute Gasteiger partial charge is 0.493 e. The monoisotopic (exact) mass is 487 g/mol. The van der Waals surface area contributed by atoms with E-state index in [0.29, 0.717) is 35.6 Å². The van der Waals surface area contributed by atoms with Gasteiger partial charge in [0.05, 0.1) is 18.7 Å². The number of halogens is 1. The fourth-order valence-electron chi connectivity index (χ4n) is 3.57. The summed E-state index contributed by atoms with van der Waals surface area (Å²) in [6.45, 7) is 9.19. The smallest absolute Gasteiger partial charge is 0.254 e. The van der Waals surface area contributed by atoms with Gasteiger partial charge in [-0.05, 0) is 41.7 Å². The highest BCUT2D eigenvalue weighted by atomic mass is 79.9. The molecule has 3 rings (SSSR count). The van der Waals surface area contributed by atoms with Crippen LogP contribution >= 0.6 is 17.0 Å². The zero-order valence-electron chi connectivity index (χ0n) is 18.7. The third-order valence-corrected chi connectivity index (χ3v) is 5.29. The lowest BCUT2D eigenvalue weighted by Gasteiger charge is -2.20. The van der Waals surface area contributed by atoms with Crippen molar-refractivity contribution in [3.05, 3.63) is 64.2 Å². The molecule has 0 fully saturated rings. The summed E-state index contributed by atoms with van der Waals surface area (Å²) in [5.74, 6) is 0.450. The molecule has 0 radical (unpaired) electrons. The van der Waals surface area contributed by atoms with Crippen LogP contribution in [0.2, 0.25) is 0 Å². The van der Waals surface area contributed by atoms with E-state index in [9.17, 15) is 9.59 Å². The van der Waals surface area contributed by atoms with Crippen molar-refractivity contribution in [2.75, 3.05) is 20.2 Å². The van der Waals surface area contributed by atoms with Crippen molar-refractivity contribution in [2.45, 2.75) is 39.7 Å². The van der Waals surface area contributed by atoms with Crippen molar-refractivity contribution in [1.82, 2.24) is 10.2 Å². The average molecular weight is 488 g/mol. The molecule has 0 saturated carbocycles. The molecule has 0 saturated heterocycles. The van der Waals surface area contributed by atoms with Gasteiger partial charge in [0.25, 0.3) is 5.91 Å². The van der Waals surface area contributed by atoms with Gasteiger partial charge in [-0.1, -0.05) is 39.0 Å². The molecule has 0 aromatic heterocycles. The Labute approximate surface area is 194 Å². The van der Waals surface area contributed by atoms with Gasteiger partial charge in [-0.15, -0.1) is 17.0 Å². The minimum Gasteiger partial charge on any atom is -0.493 e. The molecule has 1 heterocycles. The summed E-state index contributed by atoms with van der Waals surface area (Å²) in [6, 6.07) is 11.2. The van der Waals surface area contributed by atoms with Crippen LogP contribution in [0, 0.1) is 5.41 Å². The van der Waals surface area contributed by atoms with Crippen LogP contribution in [-0.2, 0) is 12.0 Å². The number of amides is 1. The van der Waals surface area contributed by atoms with Gasteiger partial charge in [0.15, 0.2) is 5.78 Å². The number of fused-ring (bicyclic) bond motifs is 1. The topological polar surface area (TPSA) is 82.5 Å². The lowest BCUT2D eigenvalue weighted by molar-refractivity contribution is 0.0953. The number of amidine groups is 1. The second-order valence-corrected chi connectivity index (χ2v) is 8.48. The summed E-state index contributed by atoms with van der Waals surface area (Å²) < 4.78 is 5.63. The Kier molecular flexibility index (Phi) is 7.65. The van der Waals surface area contributed by atoms with Crippen LogP contribution in [0.15, 0.2) is 36.4 Å². The molecule has 0 aliphatic carbocycles. The van der Waals surface area contributed by atoms with Crippen LogP contribution in [0.3, 0.4) is 0 Å². The van der Waals surface area contributed by atoms with Gasteiger partial charge in [0.1, 0.15) is 11.6 Å². The van der Waals surface area contributed by atoms with Gasteiger partial charge in [0, 0.05) is 24.7 Å². The van der Waals surface area contributed by atoms with E-state index in [2.05, 4.69) is 26.1 Å². The Bertz CT molecular complexity index is 1010. The van der Waals surface area contributed by atoms with Crippen LogP contribution < -0.4 is 10.1 Å². The Morgan fingerprint density at radius 3 is 2.52 bits per heavy atom. The molecule has 2 aromatic carbocycles. The van der Waals surface area contributed by atoms with Gasteiger partial charge >= 0.3 is 0 Å². The van der Waals surface area contributed by atoms with Crippen LogP contribution in [-0.4, -0.2) is 42.6 Å². The highest BCUT2D eigenvalue weighted by Crippen LogP contribution is 2.31. The molecule has 0 bridgehead atoms. The highest BCUT2D eigenvalue weighted by Gasteiger charge is 2.29. The number of Topliss-reactive ketones (excluding diaryl/α,β-unsaturated/α-hetero) is 1. The van der Waals surface area contributed by atoms with E-state index in [1.54, 1.807) is 18.0 Å². The van der Waals surface area contributed by atoms with Crippen molar-refractivity contribution in [2.24, 2.45) is 0 Å². The second-order valence-electron chi connectivity index (χ2n) is 8.48. The maximum atomic E-state index is 12.9. The molecule has 6 nitrogen and oxygen atoms in total. The number of benzene rings is 2. The zero-order chi connectivity index (χ0) is 22.1. The Hall–Kier alpha value is -2.67. The third kappa shape index (κ3) is 5.15. The molecule has 0 unspecified atom stereocenters. The average Bonchev–Trinajstić information content (AvgIpc) is 3.01. The van der Waals surface area contributed by atoms with Crippen molar-refractivity contribution < 1.29 is 14.3 Å². The lowest BCUT2D eigenvalue weighted by Crippen LogP contribution is -2.30. The number of ether oxygens (including phenoxy) is 1. The molecule has 2 N–H and O–H groups in total. The number of nitrogens with zero attached hydrogens (tertiary/aromatic N) is 1. The number of nitrogens with one attached hydrogen (secondary N) is 2. The Balaban J connectivity index is 0.00000341. The van der Waals surface area contributed by atoms with Crippen molar-refractivity contribution >= 4 is 34.5 Å². The number of hydrogen-bond acceptors (Lipinski definition) is 4. The van der Waals surface area contributed by atoms with Crippen molar-refractivity contribution in [3.8, 4) is 5.75 Å². The van der Waals surface area contributed by atoms with Gasteiger partial charge in [-0.2, -0.15) is 0 Å². The number of carbonyl (C=O) groups excluding carboxylic acids is 2. The molecule has 31 heavy (non-hydrogen) atoms. The quantitative estimate of drug-likeness (QED) is 0.593. The summed E-state index contributed by atoms with van der Waals surface area (Å²) in [6.07, 6.45) is 0. The number of rotatable bonds is 6. The van der Waals surface area contributed by atoms with Gasteiger partial charge in [-0.25, -0.2) is 0 Å². The highest BCUT2D eigenvalue weighted by molar-refractivity contribution is 8.93. The zero-order valence-corrected chi connectivity index (χ0v) is 20.4. The van der Waals surface area contributed by atoms with Crippen LogP contribution in [0.25, 0.3) is 0 Å². The summed E-state index contributed by atoms with van der Waals surface area (Å²) >= 11 is 0. The van der Waals surface area contributed by atoms with E-state index in [1.165, 1.54) is 0 Å². The van der Waals surface area contributed by atoms with Gasteiger partial charge < -0.3 is 15.0 Å².